The quantitative estimate of drug-likeness (QED) is 0.590. The van der Waals surface area contributed by atoms with Crippen LogP contribution in [-0.2, 0) is 14.8 Å². The number of H-pyrrole nitrogens is 1. The molecular weight excluding hydrogens is 274 g/mol. The average molecular weight is 291 g/mol. The Labute approximate surface area is 111 Å². The molecule has 0 fully saturated rings. The minimum absolute atomic E-state index is 0.130. The van der Waals surface area contributed by atoms with Gasteiger partial charge in [0.25, 0.3) is 10.0 Å². The number of rotatable bonds is 7. The van der Waals surface area contributed by atoms with Crippen LogP contribution in [0.4, 0.5) is 0 Å². The van der Waals surface area contributed by atoms with Crippen molar-refractivity contribution in [3.8, 4) is 0 Å². The highest BCUT2D eigenvalue weighted by molar-refractivity contribution is 7.89. The molecule has 1 aromatic heterocycles. The summed E-state index contributed by atoms with van der Waals surface area (Å²) in [7, 11) is -3.96. The van der Waals surface area contributed by atoms with Gasteiger partial charge in [-0.1, -0.05) is 6.92 Å². The Kier molecular flexibility index (Phi) is 5.45. The van der Waals surface area contributed by atoms with Crippen molar-refractivity contribution in [2.45, 2.75) is 31.3 Å². The lowest BCUT2D eigenvalue weighted by Gasteiger charge is -2.13. The zero-order valence-electron chi connectivity index (χ0n) is 10.7. The molecule has 108 valence electrons. The second-order valence-electron chi connectivity index (χ2n) is 3.74. The summed E-state index contributed by atoms with van der Waals surface area (Å²) in [6.45, 7) is 3.13. The molecule has 0 bridgehead atoms. The fourth-order valence-corrected chi connectivity index (χ4v) is 2.76. The molecule has 0 radical (unpaired) electrons. The average Bonchev–Trinajstić information content (AvgIpc) is 2.86. The monoisotopic (exact) mass is 291 g/mol. The number of esters is 1. The van der Waals surface area contributed by atoms with Crippen LogP contribution in [0.2, 0.25) is 0 Å². The molecule has 1 rings (SSSR count). The van der Waals surface area contributed by atoms with E-state index in [9.17, 15) is 13.2 Å². The third kappa shape index (κ3) is 3.75. The molecule has 1 heterocycles. The van der Waals surface area contributed by atoms with Crippen LogP contribution in [0.25, 0.3) is 0 Å². The summed E-state index contributed by atoms with van der Waals surface area (Å²) in [5.74, 6) is -0.770. The van der Waals surface area contributed by atoms with Crippen molar-refractivity contribution >= 4 is 16.0 Å². The molecule has 0 amide bonds. The Morgan fingerprint density at radius 2 is 2.26 bits per heavy atom. The van der Waals surface area contributed by atoms with E-state index in [0.29, 0.717) is 6.42 Å². The van der Waals surface area contributed by atoms with Crippen LogP contribution in [0.5, 0.6) is 0 Å². The zero-order valence-corrected chi connectivity index (χ0v) is 11.5. The highest BCUT2D eigenvalue weighted by Gasteiger charge is 2.27. The molecule has 0 saturated heterocycles. The first-order chi connectivity index (χ1) is 8.96. The van der Waals surface area contributed by atoms with Crippen LogP contribution in [0.3, 0.4) is 0 Å². The summed E-state index contributed by atoms with van der Waals surface area (Å²) in [4.78, 5) is 11.6. The summed E-state index contributed by atoms with van der Waals surface area (Å²) >= 11 is 0. The SMILES string of the molecule is CCOC(=O)c1cn[nH]c1S(=O)(=O)N[C@H](CC)CO. The number of aliphatic hydroxyl groups excluding tert-OH is 1. The van der Waals surface area contributed by atoms with Gasteiger partial charge < -0.3 is 9.84 Å². The predicted octanol–water partition coefficient (Wildman–Crippen LogP) is -0.364. The number of carbonyl (C=O) groups excluding carboxylic acids is 1. The number of aromatic nitrogens is 2. The first-order valence-corrected chi connectivity index (χ1v) is 7.28. The van der Waals surface area contributed by atoms with Crippen molar-refractivity contribution in [2.75, 3.05) is 13.2 Å². The van der Waals surface area contributed by atoms with Gasteiger partial charge in [-0.2, -0.15) is 5.10 Å². The number of hydrogen-bond donors (Lipinski definition) is 3. The van der Waals surface area contributed by atoms with Gasteiger partial charge in [0.05, 0.1) is 19.4 Å². The molecule has 0 aromatic carbocycles. The van der Waals surface area contributed by atoms with Crippen LogP contribution in [0.15, 0.2) is 11.2 Å². The van der Waals surface area contributed by atoms with E-state index in [1.165, 1.54) is 0 Å². The first-order valence-electron chi connectivity index (χ1n) is 5.79. The van der Waals surface area contributed by atoms with Crippen molar-refractivity contribution in [1.82, 2.24) is 14.9 Å². The Bertz CT molecular complexity index is 521. The Balaban J connectivity index is 3.02. The molecule has 9 heteroatoms. The maximum atomic E-state index is 12.0. The van der Waals surface area contributed by atoms with Gasteiger partial charge in [0.1, 0.15) is 5.56 Å². The molecule has 1 atom stereocenters. The van der Waals surface area contributed by atoms with Gasteiger partial charge in [-0.25, -0.2) is 17.9 Å². The highest BCUT2D eigenvalue weighted by atomic mass is 32.2. The predicted molar refractivity (Wildman–Crippen MR) is 66.0 cm³/mol. The molecule has 0 aliphatic rings. The number of nitrogens with zero attached hydrogens (tertiary/aromatic N) is 1. The van der Waals surface area contributed by atoms with Gasteiger partial charge in [0.15, 0.2) is 5.03 Å². The number of aliphatic hydroxyl groups is 1. The van der Waals surface area contributed by atoms with Crippen molar-refractivity contribution in [3.63, 3.8) is 0 Å². The smallest absolute Gasteiger partial charge is 0.342 e. The number of carbonyl (C=O) groups is 1. The van der Waals surface area contributed by atoms with E-state index in [0.717, 1.165) is 6.20 Å². The Morgan fingerprint density at radius 1 is 1.58 bits per heavy atom. The molecule has 0 aliphatic heterocycles. The minimum Gasteiger partial charge on any atom is -0.462 e. The number of aromatic amines is 1. The van der Waals surface area contributed by atoms with Crippen molar-refractivity contribution < 1.29 is 23.1 Å². The van der Waals surface area contributed by atoms with Crippen LogP contribution in [0.1, 0.15) is 30.6 Å². The van der Waals surface area contributed by atoms with Gasteiger partial charge >= 0.3 is 5.97 Å². The largest absolute Gasteiger partial charge is 0.462 e. The summed E-state index contributed by atoms with van der Waals surface area (Å²) in [5.41, 5.74) is -0.165. The van der Waals surface area contributed by atoms with Gasteiger partial charge in [-0.3, -0.25) is 5.10 Å². The number of hydrogen-bond acceptors (Lipinski definition) is 6. The first kappa shape index (κ1) is 15.6. The van der Waals surface area contributed by atoms with Gasteiger partial charge in [0, 0.05) is 6.04 Å². The molecule has 0 spiro atoms. The normalized spacial score (nSPS) is 13.2. The van der Waals surface area contributed by atoms with E-state index in [1.807, 2.05) is 0 Å². The summed E-state index contributed by atoms with van der Waals surface area (Å²) < 4.78 is 31.1. The van der Waals surface area contributed by atoms with E-state index >= 15 is 0 Å². The lowest BCUT2D eigenvalue weighted by molar-refractivity contribution is 0.0522. The number of ether oxygens (including phenoxy) is 1. The molecule has 1 aromatic rings. The van der Waals surface area contributed by atoms with Gasteiger partial charge in [-0.15, -0.1) is 0 Å². The highest BCUT2D eigenvalue weighted by Crippen LogP contribution is 2.14. The maximum absolute atomic E-state index is 12.0. The zero-order chi connectivity index (χ0) is 14.5. The third-order valence-corrected chi connectivity index (χ3v) is 3.90. The lowest BCUT2D eigenvalue weighted by atomic mass is 10.3. The number of nitrogens with one attached hydrogen (secondary N) is 2. The Morgan fingerprint density at radius 3 is 2.79 bits per heavy atom. The fraction of sp³-hybridized carbons (Fsp3) is 0.600. The topological polar surface area (TPSA) is 121 Å². The molecular formula is C10H17N3O5S. The lowest BCUT2D eigenvalue weighted by Crippen LogP contribution is -2.37. The molecule has 0 aliphatic carbocycles. The van der Waals surface area contributed by atoms with Crippen molar-refractivity contribution in [1.29, 1.82) is 0 Å². The van der Waals surface area contributed by atoms with Gasteiger partial charge in [-0.05, 0) is 13.3 Å². The van der Waals surface area contributed by atoms with Crippen LogP contribution < -0.4 is 4.72 Å². The molecule has 8 nitrogen and oxygen atoms in total. The molecule has 3 N–H and O–H groups in total. The minimum atomic E-state index is -3.96. The van der Waals surface area contributed by atoms with Crippen LogP contribution in [0, 0.1) is 0 Å². The summed E-state index contributed by atoms with van der Waals surface area (Å²) in [6, 6.07) is -0.622. The Hall–Kier alpha value is -1.45. The second-order valence-corrected chi connectivity index (χ2v) is 5.39. The third-order valence-electron chi connectivity index (χ3n) is 2.40. The second kappa shape index (κ2) is 6.64. The van der Waals surface area contributed by atoms with Crippen LogP contribution in [-0.4, -0.2) is 48.9 Å². The molecule has 19 heavy (non-hydrogen) atoms. The van der Waals surface area contributed by atoms with E-state index < -0.39 is 22.0 Å². The fourth-order valence-electron chi connectivity index (χ4n) is 1.36. The number of sulfonamides is 1. The maximum Gasteiger partial charge on any atom is 0.342 e. The molecule has 0 unspecified atom stereocenters. The van der Waals surface area contributed by atoms with E-state index in [4.69, 9.17) is 9.84 Å². The van der Waals surface area contributed by atoms with E-state index in [-0.39, 0.29) is 23.8 Å². The van der Waals surface area contributed by atoms with Crippen molar-refractivity contribution in [2.24, 2.45) is 0 Å². The van der Waals surface area contributed by atoms with E-state index in [2.05, 4.69) is 14.9 Å². The van der Waals surface area contributed by atoms with Crippen molar-refractivity contribution in [3.05, 3.63) is 11.8 Å². The summed E-state index contributed by atoms with van der Waals surface area (Å²) in [6.07, 6.45) is 1.51. The standard InChI is InChI=1S/C10H17N3O5S/c1-3-7(6-14)13-19(16,17)9-8(5-11-12-9)10(15)18-4-2/h5,7,13-14H,3-4,6H2,1-2H3,(H,11,12)/t7-/m1/s1. The van der Waals surface area contributed by atoms with Crippen LogP contribution >= 0.6 is 0 Å². The molecule has 0 saturated carbocycles. The van der Waals surface area contributed by atoms with E-state index in [1.54, 1.807) is 13.8 Å². The summed E-state index contributed by atoms with van der Waals surface area (Å²) in [5, 5.41) is 14.4. The van der Waals surface area contributed by atoms with Gasteiger partial charge in [0.2, 0.25) is 0 Å².